The zero-order chi connectivity index (χ0) is 18.5. The zero-order valence-corrected chi connectivity index (χ0v) is 14.8. The monoisotopic (exact) mass is 351 g/mol. The number of ketones is 1. The van der Waals surface area contributed by atoms with Crippen molar-refractivity contribution in [2.45, 2.75) is 26.4 Å². The summed E-state index contributed by atoms with van der Waals surface area (Å²) in [5.74, 6) is -0.163. The molecule has 5 nitrogen and oxygen atoms in total. The first-order valence-corrected chi connectivity index (χ1v) is 8.60. The van der Waals surface area contributed by atoms with Crippen LogP contribution in [0.4, 0.5) is 0 Å². The van der Waals surface area contributed by atoms with Crippen molar-refractivity contribution < 1.29 is 19.1 Å². The number of aryl methyl sites for hydroxylation is 1. The Labute approximate surface area is 151 Å². The van der Waals surface area contributed by atoms with Crippen LogP contribution >= 0.6 is 0 Å². The second kappa shape index (κ2) is 7.87. The maximum atomic E-state index is 12.6. The largest absolute Gasteiger partial charge is 0.482 e. The number of carbonyl (C=O) groups is 2. The third-order valence-electron chi connectivity index (χ3n) is 4.23. The lowest BCUT2D eigenvalue weighted by Gasteiger charge is -2.13. The lowest BCUT2D eigenvalue weighted by Crippen LogP contribution is -2.27. The predicted octanol–water partition coefficient (Wildman–Crippen LogP) is 3.92. The Bertz CT molecular complexity index is 928. The molecule has 3 aromatic rings. The number of para-hydroxylation sites is 2. The smallest absolute Gasteiger partial charge is 0.344 e. The number of ether oxygens (including phenoxy) is 2. The molecule has 1 heterocycles. The number of aromatic nitrogens is 1. The van der Waals surface area contributed by atoms with Crippen molar-refractivity contribution in [3.63, 3.8) is 0 Å². The van der Waals surface area contributed by atoms with E-state index in [4.69, 9.17) is 9.47 Å². The summed E-state index contributed by atoms with van der Waals surface area (Å²) >= 11 is 0. The Morgan fingerprint density at radius 2 is 1.81 bits per heavy atom. The second-order valence-electron chi connectivity index (χ2n) is 5.99. The average molecular weight is 351 g/mol. The summed E-state index contributed by atoms with van der Waals surface area (Å²) in [6.07, 6.45) is 1.57. The Kier molecular flexibility index (Phi) is 5.37. The molecule has 0 fully saturated rings. The molecule has 1 atom stereocenters. The van der Waals surface area contributed by atoms with E-state index in [1.807, 2.05) is 55.5 Å². The number of H-pyrrole nitrogens is 1. The molecule has 0 aliphatic carbocycles. The molecule has 3 rings (SSSR count). The van der Waals surface area contributed by atoms with Crippen LogP contribution < -0.4 is 4.74 Å². The van der Waals surface area contributed by atoms with Gasteiger partial charge in [-0.15, -0.1) is 0 Å². The molecular weight excluding hydrogens is 330 g/mol. The van der Waals surface area contributed by atoms with Gasteiger partial charge in [-0.2, -0.15) is 0 Å². The van der Waals surface area contributed by atoms with Gasteiger partial charge in [-0.3, -0.25) is 4.79 Å². The Morgan fingerprint density at radius 3 is 2.62 bits per heavy atom. The number of carbonyl (C=O) groups excluding carboxylic acids is 2. The fraction of sp³-hybridized carbons (Fsp3) is 0.238. The Hall–Kier alpha value is -3.08. The minimum absolute atomic E-state index is 0.234. The molecule has 0 aliphatic rings. The highest BCUT2D eigenvalue weighted by atomic mass is 16.6. The van der Waals surface area contributed by atoms with E-state index in [1.165, 1.54) is 0 Å². The van der Waals surface area contributed by atoms with Gasteiger partial charge in [-0.25, -0.2) is 4.79 Å². The molecule has 1 aromatic heterocycles. The molecule has 0 saturated carbocycles. The fourth-order valence-corrected chi connectivity index (χ4v) is 2.85. The first-order chi connectivity index (χ1) is 12.6. The molecule has 0 spiro atoms. The van der Waals surface area contributed by atoms with Crippen molar-refractivity contribution in [2.75, 3.05) is 6.61 Å². The number of fused-ring (bicyclic) bond motifs is 1. The van der Waals surface area contributed by atoms with Crippen LogP contribution in [0.2, 0.25) is 0 Å². The zero-order valence-electron chi connectivity index (χ0n) is 14.8. The summed E-state index contributed by atoms with van der Waals surface area (Å²) in [5, 5.41) is 0.813. The number of benzene rings is 2. The number of Topliss-reactive ketones (excluding diaryl/α,β-unsaturated/α-hetero) is 1. The van der Waals surface area contributed by atoms with Gasteiger partial charge >= 0.3 is 5.97 Å². The van der Waals surface area contributed by atoms with Crippen molar-refractivity contribution in [1.82, 2.24) is 4.98 Å². The molecule has 0 radical (unpaired) electrons. The van der Waals surface area contributed by atoms with Crippen molar-refractivity contribution in [3.05, 3.63) is 65.9 Å². The average Bonchev–Trinajstić information content (AvgIpc) is 3.10. The summed E-state index contributed by atoms with van der Waals surface area (Å²) in [4.78, 5) is 27.7. The van der Waals surface area contributed by atoms with Crippen molar-refractivity contribution in [3.8, 4) is 5.75 Å². The lowest BCUT2D eigenvalue weighted by atomic mass is 10.1. The summed E-state index contributed by atoms with van der Waals surface area (Å²) in [7, 11) is 0. The highest BCUT2D eigenvalue weighted by Gasteiger charge is 2.22. The van der Waals surface area contributed by atoms with Gasteiger partial charge in [0.25, 0.3) is 0 Å². The molecule has 0 amide bonds. The summed E-state index contributed by atoms with van der Waals surface area (Å²) < 4.78 is 10.8. The molecule has 0 saturated heterocycles. The maximum absolute atomic E-state index is 12.6. The van der Waals surface area contributed by atoms with E-state index in [0.717, 1.165) is 22.9 Å². The van der Waals surface area contributed by atoms with E-state index in [-0.39, 0.29) is 12.4 Å². The molecule has 134 valence electrons. The first kappa shape index (κ1) is 17.7. The van der Waals surface area contributed by atoms with Crippen molar-refractivity contribution in [1.29, 1.82) is 0 Å². The van der Waals surface area contributed by atoms with E-state index in [1.54, 1.807) is 13.1 Å². The van der Waals surface area contributed by atoms with E-state index in [2.05, 4.69) is 4.98 Å². The van der Waals surface area contributed by atoms with Crippen molar-refractivity contribution >= 4 is 22.7 Å². The number of nitrogens with one attached hydrogen (secondary N) is 1. The molecular formula is C21H21NO4. The molecule has 1 N–H and O–H groups in total. The van der Waals surface area contributed by atoms with Crippen LogP contribution in [0.5, 0.6) is 5.75 Å². The maximum Gasteiger partial charge on any atom is 0.344 e. The van der Waals surface area contributed by atoms with Gasteiger partial charge < -0.3 is 14.5 Å². The third kappa shape index (κ3) is 3.77. The third-order valence-corrected chi connectivity index (χ3v) is 4.23. The second-order valence-corrected chi connectivity index (χ2v) is 5.99. The predicted molar refractivity (Wildman–Crippen MR) is 99.5 cm³/mol. The highest BCUT2D eigenvalue weighted by Crippen LogP contribution is 2.20. The Balaban J connectivity index is 1.61. The summed E-state index contributed by atoms with van der Waals surface area (Å²) in [6.45, 7) is 3.35. The number of aromatic amines is 1. The number of hydrogen-bond donors (Lipinski definition) is 1. The number of rotatable bonds is 7. The van der Waals surface area contributed by atoms with Gasteiger partial charge in [0.1, 0.15) is 5.75 Å². The number of esters is 1. The summed E-state index contributed by atoms with van der Waals surface area (Å²) in [6, 6.07) is 15.0. The summed E-state index contributed by atoms with van der Waals surface area (Å²) in [5.41, 5.74) is 2.40. The topological polar surface area (TPSA) is 68.4 Å². The van der Waals surface area contributed by atoms with Crippen LogP contribution in [0.15, 0.2) is 54.7 Å². The van der Waals surface area contributed by atoms with Crippen LogP contribution in [0.1, 0.15) is 29.8 Å². The minimum atomic E-state index is -0.883. The van der Waals surface area contributed by atoms with Gasteiger partial charge in [-0.1, -0.05) is 43.3 Å². The molecule has 5 heteroatoms. The number of hydrogen-bond acceptors (Lipinski definition) is 4. The van der Waals surface area contributed by atoms with E-state index in [9.17, 15) is 9.59 Å². The van der Waals surface area contributed by atoms with Crippen LogP contribution in [-0.4, -0.2) is 29.4 Å². The van der Waals surface area contributed by atoms with E-state index in [0.29, 0.717) is 11.3 Å². The fourth-order valence-electron chi connectivity index (χ4n) is 2.85. The standard InChI is InChI=1S/C21H21NO4/c1-3-15-8-4-7-11-19(15)25-13-20(23)26-14(2)21(24)17-12-22-18-10-6-5-9-16(17)18/h4-12,14,22H,3,13H2,1-2H3. The van der Waals surface area contributed by atoms with Gasteiger partial charge in [0, 0.05) is 22.7 Å². The first-order valence-electron chi connectivity index (χ1n) is 8.60. The molecule has 0 bridgehead atoms. The van der Waals surface area contributed by atoms with Gasteiger partial charge in [0.2, 0.25) is 5.78 Å². The SMILES string of the molecule is CCc1ccccc1OCC(=O)OC(C)C(=O)c1c[nH]c2ccccc12. The van der Waals surface area contributed by atoms with Crippen molar-refractivity contribution in [2.24, 2.45) is 0 Å². The normalized spacial score (nSPS) is 11.9. The van der Waals surface area contributed by atoms with Gasteiger partial charge in [0.05, 0.1) is 0 Å². The lowest BCUT2D eigenvalue weighted by molar-refractivity contribution is -0.148. The van der Waals surface area contributed by atoms with Crippen LogP contribution in [0.3, 0.4) is 0 Å². The van der Waals surface area contributed by atoms with Crippen LogP contribution in [0, 0.1) is 0 Å². The van der Waals surface area contributed by atoms with Crippen LogP contribution in [0.25, 0.3) is 10.9 Å². The van der Waals surface area contributed by atoms with E-state index >= 15 is 0 Å². The Morgan fingerprint density at radius 1 is 1.08 bits per heavy atom. The highest BCUT2D eigenvalue weighted by molar-refractivity contribution is 6.10. The minimum Gasteiger partial charge on any atom is -0.482 e. The van der Waals surface area contributed by atoms with Crippen LogP contribution in [-0.2, 0) is 16.0 Å². The molecule has 0 aliphatic heterocycles. The molecule has 26 heavy (non-hydrogen) atoms. The van der Waals surface area contributed by atoms with Gasteiger partial charge in [-0.05, 0) is 31.0 Å². The van der Waals surface area contributed by atoms with E-state index < -0.39 is 12.1 Å². The van der Waals surface area contributed by atoms with Gasteiger partial charge in [0.15, 0.2) is 12.7 Å². The molecule has 1 unspecified atom stereocenters. The molecule has 2 aromatic carbocycles. The quantitative estimate of drug-likeness (QED) is 0.517.